The van der Waals surface area contributed by atoms with Gasteiger partial charge < -0.3 is 15.1 Å². The Morgan fingerprint density at radius 1 is 1.14 bits per heavy atom. The molecule has 0 aliphatic carbocycles. The summed E-state index contributed by atoms with van der Waals surface area (Å²) in [6, 6.07) is 9.76. The fourth-order valence-electron chi connectivity index (χ4n) is 3.09. The number of benzene rings is 1. The first kappa shape index (κ1) is 16.3. The van der Waals surface area contributed by atoms with Crippen molar-refractivity contribution in [1.29, 1.82) is 0 Å². The molecule has 1 N–H and O–H groups in total. The molecule has 1 fully saturated rings. The van der Waals surface area contributed by atoms with Gasteiger partial charge in [-0.3, -0.25) is 0 Å². The highest BCUT2D eigenvalue weighted by Gasteiger charge is 2.21. The maximum absolute atomic E-state index is 3.46. The third kappa shape index (κ3) is 4.72. The first-order chi connectivity index (χ1) is 10.2. The minimum absolute atomic E-state index is 0.692. The van der Waals surface area contributed by atoms with Crippen molar-refractivity contribution >= 4 is 5.69 Å². The molecule has 0 radical (unpaired) electrons. The molecule has 0 amide bonds. The van der Waals surface area contributed by atoms with Crippen molar-refractivity contribution in [1.82, 2.24) is 10.2 Å². The largest absolute Gasteiger partial charge is 0.372 e. The van der Waals surface area contributed by atoms with Gasteiger partial charge in [0.1, 0.15) is 0 Å². The second kappa shape index (κ2) is 8.40. The van der Waals surface area contributed by atoms with Crippen LogP contribution in [0.3, 0.4) is 0 Å². The van der Waals surface area contributed by atoms with Crippen LogP contribution >= 0.6 is 0 Å². The zero-order valence-corrected chi connectivity index (χ0v) is 13.9. The summed E-state index contributed by atoms with van der Waals surface area (Å²) in [5, 5.41) is 3.46. The standard InChI is InChI=1S/C18H31N3/c1-4-12-19-15-16-6-8-17(9-7-16)20(3)18-10-13-21(5-2)14-11-18/h6-9,18-19H,4-5,10-15H2,1-3H3. The molecule has 1 aromatic rings. The molecule has 118 valence electrons. The first-order valence-corrected chi connectivity index (χ1v) is 8.49. The maximum atomic E-state index is 3.46. The van der Waals surface area contributed by atoms with Crippen LogP contribution < -0.4 is 10.2 Å². The average molecular weight is 289 g/mol. The predicted molar refractivity (Wildman–Crippen MR) is 92.0 cm³/mol. The Balaban J connectivity index is 1.86. The Kier molecular flexibility index (Phi) is 6.52. The molecule has 0 atom stereocenters. The highest BCUT2D eigenvalue weighted by molar-refractivity contribution is 5.48. The average Bonchev–Trinajstić information content (AvgIpc) is 2.55. The SMILES string of the molecule is CCCNCc1ccc(N(C)C2CCN(CC)CC2)cc1. The predicted octanol–water partition coefficient (Wildman–Crippen LogP) is 3.11. The van der Waals surface area contributed by atoms with Gasteiger partial charge in [-0.2, -0.15) is 0 Å². The van der Waals surface area contributed by atoms with Crippen molar-refractivity contribution in [3.8, 4) is 0 Å². The van der Waals surface area contributed by atoms with Crippen molar-refractivity contribution < 1.29 is 0 Å². The molecule has 1 saturated heterocycles. The lowest BCUT2D eigenvalue weighted by Gasteiger charge is -2.37. The number of likely N-dealkylation sites (tertiary alicyclic amines) is 1. The van der Waals surface area contributed by atoms with Gasteiger partial charge in [-0.05, 0) is 50.0 Å². The van der Waals surface area contributed by atoms with E-state index in [0.717, 1.165) is 13.1 Å². The minimum Gasteiger partial charge on any atom is -0.372 e. The summed E-state index contributed by atoms with van der Waals surface area (Å²) in [6.45, 7) is 10.2. The van der Waals surface area contributed by atoms with Crippen LogP contribution in [0.1, 0.15) is 38.7 Å². The van der Waals surface area contributed by atoms with E-state index in [0.29, 0.717) is 6.04 Å². The fourth-order valence-corrected chi connectivity index (χ4v) is 3.09. The first-order valence-electron chi connectivity index (χ1n) is 8.49. The van der Waals surface area contributed by atoms with E-state index in [1.54, 1.807) is 0 Å². The second-order valence-electron chi connectivity index (χ2n) is 6.12. The Morgan fingerprint density at radius 3 is 2.38 bits per heavy atom. The van der Waals surface area contributed by atoms with Gasteiger partial charge in [0.15, 0.2) is 0 Å². The van der Waals surface area contributed by atoms with Crippen LogP contribution in [0.5, 0.6) is 0 Å². The topological polar surface area (TPSA) is 18.5 Å². The molecule has 2 rings (SSSR count). The Morgan fingerprint density at radius 2 is 1.81 bits per heavy atom. The number of hydrogen-bond acceptors (Lipinski definition) is 3. The number of anilines is 1. The molecule has 1 aromatic carbocycles. The summed E-state index contributed by atoms with van der Waals surface area (Å²) >= 11 is 0. The molecule has 1 aliphatic rings. The van der Waals surface area contributed by atoms with E-state index in [-0.39, 0.29) is 0 Å². The molecule has 0 bridgehead atoms. The Hall–Kier alpha value is -1.06. The van der Waals surface area contributed by atoms with Gasteiger partial charge in [-0.15, -0.1) is 0 Å². The van der Waals surface area contributed by atoms with Crippen LogP contribution in [-0.2, 0) is 6.54 Å². The summed E-state index contributed by atoms with van der Waals surface area (Å²) in [5.74, 6) is 0. The third-order valence-electron chi connectivity index (χ3n) is 4.65. The van der Waals surface area contributed by atoms with Crippen LogP contribution in [0.15, 0.2) is 24.3 Å². The van der Waals surface area contributed by atoms with Gasteiger partial charge >= 0.3 is 0 Å². The van der Waals surface area contributed by atoms with Crippen LogP contribution in [0.4, 0.5) is 5.69 Å². The highest BCUT2D eigenvalue weighted by atomic mass is 15.2. The third-order valence-corrected chi connectivity index (χ3v) is 4.65. The lowest BCUT2D eigenvalue weighted by molar-refractivity contribution is 0.221. The van der Waals surface area contributed by atoms with Crippen LogP contribution in [0.2, 0.25) is 0 Å². The molecule has 0 aromatic heterocycles. The summed E-state index contributed by atoms with van der Waals surface area (Å²) in [7, 11) is 2.25. The smallest absolute Gasteiger partial charge is 0.0366 e. The van der Waals surface area contributed by atoms with Crippen molar-refractivity contribution in [3.63, 3.8) is 0 Å². The Bertz CT molecular complexity index is 393. The van der Waals surface area contributed by atoms with Gasteiger partial charge in [0.05, 0.1) is 0 Å². The molecule has 0 unspecified atom stereocenters. The molecule has 3 nitrogen and oxygen atoms in total. The molecular formula is C18H31N3. The van der Waals surface area contributed by atoms with Crippen molar-refractivity contribution in [2.24, 2.45) is 0 Å². The van der Waals surface area contributed by atoms with Gasteiger partial charge in [-0.1, -0.05) is 26.0 Å². The molecule has 0 saturated carbocycles. The quantitative estimate of drug-likeness (QED) is 0.778. The number of nitrogens with one attached hydrogen (secondary N) is 1. The summed E-state index contributed by atoms with van der Waals surface area (Å²) in [5.41, 5.74) is 2.73. The molecule has 0 spiro atoms. The van der Waals surface area contributed by atoms with Crippen LogP contribution in [0.25, 0.3) is 0 Å². The lowest BCUT2D eigenvalue weighted by atomic mass is 10.0. The second-order valence-corrected chi connectivity index (χ2v) is 6.12. The summed E-state index contributed by atoms with van der Waals surface area (Å²) in [4.78, 5) is 5.02. The highest BCUT2D eigenvalue weighted by Crippen LogP contribution is 2.22. The zero-order valence-electron chi connectivity index (χ0n) is 13.9. The van der Waals surface area contributed by atoms with Crippen molar-refractivity contribution in [3.05, 3.63) is 29.8 Å². The van der Waals surface area contributed by atoms with Gasteiger partial charge in [0.25, 0.3) is 0 Å². The van der Waals surface area contributed by atoms with E-state index < -0.39 is 0 Å². The van der Waals surface area contributed by atoms with Crippen molar-refractivity contribution in [2.45, 2.75) is 45.7 Å². The van der Waals surface area contributed by atoms with Gasteiger partial charge in [0, 0.05) is 38.4 Å². The summed E-state index contributed by atoms with van der Waals surface area (Å²) in [6.07, 6.45) is 3.76. The number of hydrogen-bond donors (Lipinski definition) is 1. The number of rotatable bonds is 7. The molecular weight excluding hydrogens is 258 g/mol. The molecule has 1 heterocycles. The lowest BCUT2D eigenvalue weighted by Crippen LogP contribution is -2.43. The van der Waals surface area contributed by atoms with Crippen molar-refractivity contribution in [2.75, 3.05) is 38.1 Å². The molecule has 1 aliphatic heterocycles. The van der Waals surface area contributed by atoms with E-state index in [1.165, 1.54) is 50.1 Å². The number of nitrogens with zero attached hydrogens (tertiary/aromatic N) is 2. The normalized spacial score (nSPS) is 17.1. The van der Waals surface area contributed by atoms with E-state index >= 15 is 0 Å². The monoisotopic (exact) mass is 289 g/mol. The number of piperidine rings is 1. The summed E-state index contributed by atoms with van der Waals surface area (Å²) < 4.78 is 0. The van der Waals surface area contributed by atoms with Crippen LogP contribution in [0, 0.1) is 0 Å². The molecule has 3 heteroatoms. The maximum Gasteiger partial charge on any atom is 0.0366 e. The zero-order chi connectivity index (χ0) is 15.1. The van der Waals surface area contributed by atoms with Crippen LogP contribution in [-0.4, -0.2) is 44.2 Å². The molecule has 21 heavy (non-hydrogen) atoms. The van der Waals surface area contributed by atoms with E-state index in [4.69, 9.17) is 0 Å². The van der Waals surface area contributed by atoms with Gasteiger partial charge in [-0.25, -0.2) is 0 Å². The van der Waals surface area contributed by atoms with E-state index in [1.807, 2.05) is 0 Å². The fraction of sp³-hybridized carbons (Fsp3) is 0.667. The minimum atomic E-state index is 0.692. The Labute approximate surface area is 130 Å². The van der Waals surface area contributed by atoms with E-state index in [9.17, 15) is 0 Å². The van der Waals surface area contributed by atoms with E-state index in [2.05, 4.69) is 60.3 Å². The van der Waals surface area contributed by atoms with Gasteiger partial charge in [0.2, 0.25) is 0 Å².